The first-order valence-electron chi connectivity index (χ1n) is 4.61. The van der Waals surface area contributed by atoms with Crippen molar-refractivity contribution in [3.05, 3.63) is 35.9 Å². The lowest BCUT2D eigenvalue weighted by Gasteiger charge is -2.00. The molecule has 16 heavy (non-hydrogen) atoms. The Kier molecular flexibility index (Phi) is 3.17. The summed E-state index contributed by atoms with van der Waals surface area (Å²) in [6, 6.07) is 5.69. The van der Waals surface area contributed by atoms with Gasteiger partial charge < -0.3 is 0 Å². The summed E-state index contributed by atoms with van der Waals surface area (Å²) in [5.41, 5.74) is 1.50. The number of nitriles is 1. The van der Waals surface area contributed by atoms with Crippen molar-refractivity contribution < 1.29 is 0 Å². The molecule has 0 aliphatic heterocycles. The van der Waals surface area contributed by atoms with E-state index in [1.165, 1.54) is 6.33 Å². The molecule has 2 aromatic rings. The van der Waals surface area contributed by atoms with Crippen LogP contribution in [0.15, 0.2) is 29.8 Å². The van der Waals surface area contributed by atoms with Crippen LogP contribution in [-0.2, 0) is 12.8 Å². The summed E-state index contributed by atoms with van der Waals surface area (Å²) < 4.78 is 1.72. The molecule has 0 saturated heterocycles. The van der Waals surface area contributed by atoms with E-state index in [1.54, 1.807) is 28.7 Å². The van der Waals surface area contributed by atoms with Crippen molar-refractivity contribution in [1.29, 1.82) is 5.26 Å². The molecule has 0 aliphatic carbocycles. The minimum atomic E-state index is 0.441. The van der Waals surface area contributed by atoms with Crippen LogP contribution >= 0.6 is 11.8 Å². The number of aryl methyl sites for hydroxylation is 1. The smallest absolute Gasteiger partial charge is 0.186 e. The number of pyridine rings is 1. The Bertz CT molecular complexity index is 528. The first-order chi connectivity index (χ1) is 7.79. The van der Waals surface area contributed by atoms with Gasteiger partial charge in [-0.05, 0) is 17.7 Å². The van der Waals surface area contributed by atoms with E-state index in [9.17, 15) is 0 Å². The Balaban J connectivity index is 2.05. The fourth-order valence-corrected chi connectivity index (χ4v) is 2.02. The molecule has 6 heteroatoms. The lowest BCUT2D eigenvalue weighted by Crippen LogP contribution is -1.93. The quantitative estimate of drug-likeness (QED) is 0.746. The summed E-state index contributed by atoms with van der Waals surface area (Å²) in [6.45, 7) is 0. The molecule has 0 N–H and O–H groups in total. The van der Waals surface area contributed by atoms with E-state index in [0.29, 0.717) is 5.69 Å². The van der Waals surface area contributed by atoms with Gasteiger partial charge >= 0.3 is 0 Å². The van der Waals surface area contributed by atoms with Gasteiger partial charge in [0.25, 0.3) is 0 Å². The van der Waals surface area contributed by atoms with Crippen molar-refractivity contribution in [1.82, 2.24) is 19.7 Å². The highest BCUT2D eigenvalue weighted by atomic mass is 32.2. The molecule has 0 saturated carbocycles. The van der Waals surface area contributed by atoms with E-state index in [0.717, 1.165) is 16.5 Å². The Hall–Kier alpha value is -1.87. The fraction of sp³-hybridized carbons (Fsp3) is 0.200. The molecule has 0 spiro atoms. The Morgan fingerprint density at radius 3 is 3.06 bits per heavy atom. The van der Waals surface area contributed by atoms with Gasteiger partial charge in [-0.15, -0.1) is 0 Å². The van der Waals surface area contributed by atoms with Gasteiger partial charge in [0.2, 0.25) is 0 Å². The van der Waals surface area contributed by atoms with Gasteiger partial charge in [-0.25, -0.2) is 14.6 Å². The van der Waals surface area contributed by atoms with Crippen LogP contribution in [0.5, 0.6) is 0 Å². The number of aromatic nitrogens is 4. The second kappa shape index (κ2) is 4.77. The summed E-state index contributed by atoms with van der Waals surface area (Å²) in [4.78, 5) is 8.02. The van der Waals surface area contributed by atoms with E-state index in [1.807, 2.05) is 19.2 Å². The van der Waals surface area contributed by atoms with Gasteiger partial charge in [0, 0.05) is 19.0 Å². The van der Waals surface area contributed by atoms with Gasteiger partial charge in [0.1, 0.15) is 18.1 Å². The molecule has 5 nitrogen and oxygen atoms in total. The molecule has 0 aliphatic rings. The SMILES string of the molecule is Cn1ncnc1SCc1ccnc(C#N)c1. The normalized spacial score (nSPS) is 10.0. The summed E-state index contributed by atoms with van der Waals surface area (Å²) in [7, 11) is 1.85. The highest BCUT2D eigenvalue weighted by Crippen LogP contribution is 2.19. The highest BCUT2D eigenvalue weighted by Gasteiger charge is 2.02. The lowest BCUT2D eigenvalue weighted by molar-refractivity contribution is 0.685. The van der Waals surface area contributed by atoms with E-state index in [4.69, 9.17) is 5.26 Å². The van der Waals surface area contributed by atoms with Crippen molar-refractivity contribution in [2.24, 2.45) is 7.05 Å². The third-order valence-corrected chi connectivity index (χ3v) is 3.08. The molecule has 2 rings (SSSR count). The largest absolute Gasteiger partial charge is 0.246 e. The van der Waals surface area contributed by atoms with Gasteiger partial charge in [-0.1, -0.05) is 11.8 Å². The number of thioether (sulfide) groups is 1. The van der Waals surface area contributed by atoms with E-state index in [2.05, 4.69) is 15.1 Å². The number of nitrogens with zero attached hydrogens (tertiary/aromatic N) is 5. The van der Waals surface area contributed by atoms with Gasteiger partial charge in [0.05, 0.1) is 0 Å². The fourth-order valence-electron chi connectivity index (χ4n) is 1.19. The molecule has 0 unspecified atom stereocenters. The maximum absolute atomic E-state index is 8.71. The number of hydrogen-bond acceptors (Lipinski definition) is 5. The summed E-state index contributed by atoms with van der Waals surface area (Å²) >= 11 is 1.58. The van der Waals surface area contributed by atoms with Crippen molar-refractivity contribution in [3.8, 4) is 6.07 Å². The topological polar surface area (TPSA) is 67.4 Å². The van der Waals surface area contributed by atoms with Crippen molar-refractivity contribution >= 4 is 11.8 Å². The third kappa shape index (κ3) is 2.38. The van der Waals surface area contributed by atoms with Crippen molar-refractivity contribution in [3.63, 3.8) is 0 Å². The molecule has 2 aromatic heterocycles. The van der Waals surface area contributed by atoms with E-state index < -0.39 is 0 Å². The molecular weight excluding hydrogens is 222 g/mol. The maximum Gasteiger partial charge on any atom is 0.186 e. The third-order valence-electron chi connectivity index (χ3n) is 1.98. The van der Waals surface area contributed by atoms with Gasteiger partial charge in [-0.2, -0.15) is 10.4 Å². The summed E-state index contributed by atoms with van der Waals surface area (Å²) in [5.74, 6) is 0.754. The zero-order valence-corrected chi connectivity index (χ0v) is 9.48. The molecule has 0 aromatic carbocycles. The van der Waals surface area contributed by atoms with E-state index >= 15 is 0 Å². The van der Waals surface area contributed by atoms with Crippen LogP contribution in [0.4, 0.5) is 0 Å². The molecule has 0 atom stereocenters. The average molecular weight is 231 g/mol. The Morgan fingerprint density at radius 2 is 2.38 bits per heavy atom. The van der Waals surface area contributed by atoms with E-state index in [-0.39, 0.29) is 0 Å². The summed E-state index contributed by atoms with van der Waals surface area (Å²) in [6.07, 6.45) is 3.17. The van der Waals surface area contributed by atoms with Crippen LogP contribution in [0, 0.1) is 11.3 Å². The highest BCUT2D eigenvalue weighted by molar-refractivity contribution is 7.98. The van der Waals surface area contributed by atoms with Crippen LogP contribution < -0.4 is 0 Å². The molecule has 0 fully saturated rings. The first-order valence-corrected chi connectivity index (χ1v) is 5.60. The standard InChI is InChI=1S/C10H9N5S/c1-15-10(13-7-14-15)16-6-8-2-3-12-9(4-8)5-11/h2-4,7H,6H2,1H3. The monoisotopic (exact) mass is 231 g/mol. The second-order valence-corrected chi connectivity index (χ2v) is 4.06. The Morgan fingerprint density at radius 1 is 1.50 bits per heavy atom. The first kappa shape index (κ1) is 10.6. The number of rotatable bonds is 3. The zero-order chi connectivity index (χ0) is 11.4. The molecule has 0 amide bonds. The molecule has 2 heterocycles. The van der Waals surface area contributed by atoms with Gasteiger partial charge in [-0.3, -0.25) is 0 Å². The molecule has 80 valence electrons. The predicted molar refractivity (Wildman–Crippen MR) is 59.5 cm³/mol. The van der Waals surface area contributed by atoms with Crippen molar-refractivity contribution in [2.75, 3.05) is 0 Å². The van der Waals surface area contributed by atoms with Crippen LogP contribution in [0.2, 0.25) is 0 Å². The summed E-state index contributed by atoms with van der Waals surface area (Å²) in [5, 5.41) is 13.6. The van der Waals surface area contributed by atoms with Crippen molar-refractivity contribution in [2.45, 2.75) is 10.9 Å². The molecule has 0 bridgehead atoms. The minimum absolute atomic E-state index is 0.441. The predicted octanol–water partition coefficient (Wildman–Crippen LogP) is 1.37. The van der Waals surface area contributed by atoms with Crippen LogP contribution in [0.25, 0.3) is 0 Å². The minimum Gasteiger partial charge on any atom is -0.246 e. The van der Waals surface area contributed by atoms with Crippen LogP contribution in [-0.4, -0.2) is 19.7 Å². The molecule has 0 radical (unpaired) electrons. The second-order valence-electron chi connectivity index (χ2n) is 3.12. The van der Waals surface area contributed by atoms with Crippen LogP contribution in [0.3, 0.4) is 0 Å². The maximum atomic E-state index is 8.71. The lowest BCUT2D eigenvalue weighted by atomic mass is 10.2. The number of hydrogen-bond donors (Lipinski definition) is 0. The van der Waals surface area contributed by atoms with Crippen LogP contribution in [0.1, 0.15) is 11.3 Å². The average Bonchev–Trinajstić information content (AvgIpc) is 2.72. The Labute approximate surface area is 97.1 Å². The molecular formula is C10H9N5S. The van der Waals surface area contributed by atoms with Gasteiger partial charge in [0.15, 0.2) is 5.16 Å². The zero-order valence-electron chi connectivity index (χ0n) is 8.66.